The summed E-state index contributed by atoms with van der Waals surface area (Å²) in [5, 5.41) is 0.246. The summed E-state index contributed by atoms with van der Waals surface area (Å²) in [4.78, 5) is 0. The zero-order valence-electron chi connectivity index (χ0n) is 10.7. The molecule has 0 saturated carbocycles. The minimum atomic E-state index is -0.483. The van der Waals surface area contributed by atoms with E-state index in [-0.39, 0.29) is 23.9 Å². The zero-order valence-corrected chi connectivity index (χ0v) is 11.5. The van der Waals surface area contributed by atoms with Crippen molar-refractivity contribution in [2.75, 3.05) is 6.54 Å². The van der Waals surface area contributed by atoms with Crippen molar-refractivity contribution in [2.45, 2.75) is 6.61 Å². The average Bonchev–Trinajstić information content (AvgIpc) is 2.45. The van der Waals surface area contributed by atoms with E-state index in [1.54, 1.807) is 6.07 Å². The Kier molecular flexibility index (Phi) is 5.00. The molecule has 0 fully saturated rings. The molecule has 0 aromatic heterocycles. The van der Waals surface area contributed by atoms with E-state index in [0.29, 0.717) is 0 Å². The molecule has 0 spiro atoms. The first-order chi connectivity index (χ1) is 9.72. The molecule has 2 aromatic rings. The monoisotopic (exact) mass is 289 g/mol. The van der Waals surface area contributed by atoms with E-state index < -0.39 is 5.82 Å². The Bertz CT molecular complexity index is 641. The van der Waals surface area contributed by atoms with Crippen LogP contribution in [0, 0.1) is 17.7 Å². The highest BCUT2D eigenvalue weighted by Crippen LogP contribution is 2.28. The summed E-state index contributed by atoms with van der Waals surface area (Å²) in [7, 11) is 0. The number of halogens is 2. The summed E-state index contributed by atoms with van der Waals surface area (Å²) >= 11 is 5.91. The van der Waals surface area contributed by atoms with Crippen molar-refractivity contribution >= 4 is 11.6 Å². The molecule has 0 amide bonds. The molecule has 0 saturated heterocycles. The number of benzene rings is 2. The van der Waals surface area contributed by atoms with Gasteiger partial charge in [0.05, 0.1) is 11.6 Å². The number of ether oxygens (including phenoxy) is 1. The number of nitrogens with two attached hydrogens (primary N) is 1. The highest BCUT2D eigenvalue weighted by molar-refractivity contribution is 6.32. The van der Waals surface area contributed by atoms with Gasteiger partial charge in [0, 0.05) is 11.1 Å². The lowest BCUT2D eigenvalue weighted by Gasteiger charge is -2.10. The molecule has 4 heteroatoms. The number of hydrogen-bond donors (Lipinski definition) is 1. The van der Waals surface area contributed by atoms with Gasteiger partial charge in [0.1, 0.15) is 6.61 Å². The van der Waals surface area contributed by atoms with Crippen molar-refractivity contribution in [2.24, 2.45) is 5.73 Å². The van der Waals surface area contributed by atoms with Crippen LogP contribution in [0.15, 0.2) is 42.5 Å². The Balaban J connectivity index is 2.19. The first kappa shape index (κ1) is 14.4. The van der Waals surface area contributed by atoms with E-state index in [9.17, 15) is 4.39 Å². The van der Waals surface area contributed by atoms with Crippen molar-refractivity contribution in [1.29, 1.82) is 0 Å². The van der Waals surface area contributed by atoms with Gasteiger partial charge in [-0.3, -0.25) is 0 Å². The fourth-order valence-corrected chi connectivity index (χ4v) is 1.90. The quantitative estimate of drug-likeness (QED) is 0.879. The van der Waals surface area contributed by atoms with Crippen molar-refractivity contribution in [3.8, 4) is 17.6 Å². The van der Waals surface area contributed by atoms with Crippen LogP contribution in [0.4, 0.5) is 4.39 Å². The summed E-state index contributed by atoms with van der Waals surface area (Å²) in [6.45, 7) is 0.477. The van der Waals surface area contributed by atoms with Crippen molar-refractivity contribution in [1.82, 2.24) is 0 Å². The third-order valence-corrected chi connectivity index (χ3v) is 2.93. The lowest BCUT2D eigenvalue weighted by Crippen LogP contribution is -2.01. The van der Waals surface area contributed by atoms with E-state index >= 15 is 0 Å². The van der Waals surface area contributed by atoms with E-state index in [4.69, 9.17) is 22.1 Å². The first-order valence-electron chi connectivity index (χ1n) is 6.06. The summed E-state index contributed by atoms with van der Waals surface area (Å²) in [5.74, 6) is 5.31. The molecule has 2 N–H and O–H groups in total. The van der Waals surface area contributed by atoms with Crippen LogP contribution in [0.5, 0.6) is 5.75 Å². The van der Waals surface area contributed by atoms with Crippen LogP contribution >= 0.6 is 11.6 Å². The molecule has 0 radical (unpaired) electrons. The second-order valence-electron chi connectivity index (χ2n) is 4.00. The van der Waals surface area contributed by atoms with Crippen LogP contribution in [-0.2, 0) is 6.61 Å². The van der Waals surface area contributed by atoms with Crippen molar-refractivity contribution < 1.29 is 9.13 Å². The molecule has 0 unspecified atom stereocenters. The Labute approximate surface area is 122 Å². The van der Waals surface area contributed by atoms with Crippen LogP contribution < -0.4 is 10.5 Å². The minimum Gasteiger partial charge on any atom is -0.484 e. The molecule has 0 aliphatic heterocycles. The zero-order chi connectivity index (χ0) is 14.4. The van der Waals surface area contributed by atoms with Gasteiger partial charge in [0.15, 0.2) is 11.6 Å². The summed E-state index contributed by atoms with van der Waals surface area (Å²) in [6.07, 6.45) is 0. The lowest BCUT2D eigenvalue weighted by atomic mass is 10.1. The molecule has 0 atom stereocenters. The SMILES string of the molecule is NCC#Cc1ccccc1COc1c(F)cccc1Cl. The minimum absolute atomic E-state index is 0.0516. The summed E-state index contributed by atoms with van der Waals surface area (Å²) < 4.78 is 19.1. The fourth-order valence-electron chi connectivity index (χ4n) is 1.68. The van der Waals surface area contributed by atoms with Gasteiger partial charge in [-0.25, -0.2) is 4.39 Å². The van der Waals surface area contributed by atoms with Gasteiger partial charge < -0.3 is 10.5 Å². The van der Waals surface area contributed by atoms with Gasteiger partial charge in [0.25, 0.3) is 0 Å². The highest BCUT2D eigenvalue weighted by Gasteiger charge is 2.09. The second-order valence-corrected chi connectivity index (χ2v) is 4.41. The predicted octanol–water partition coefficient (Wildman–Crippen LogP) is 3.37. The normalized spacial score (nSPS) is 9.75. The van der Waals surface area contributed by atoms with E-state index in [1.807, 2.05) is 24.3 Å². The highest BCUT2D eigenvalue weighted by atomic mass is 35.5. The lowest BCUT2D eigenvalue weighted by molar-refractivity contribution is 0.290. The fraction of sp³-hybridized carbons (Fsp3) is 0.125. The third-order valence-electron chi connectivity index (χ3n) is 2.63. The van der Waals surface area contributed by atoms with Crippen LogP contribution in [0.1, 0.15) is 11.1 Å². The maximum absolute atomic E-state index is 13.6. The Morgan fingerprint density at radius 2 is 1.95 bits per heavy atom. The van der Waals surface area contributed by atoms with Crippen LogP contribution in [-0.4, -0.2) is 6.54 Å². The molecule has 20 heavy (non-hydrogen) atoms. The molecular weight excluding hydrogens is 277 g/mol. The first-order valence-corrected chi connectivity index (χ1v) is 6.44. The Morgan fingerprint density at radius 3 is 2.70 bits per heavy atom. The molecule has 0 aliphatic carbocycles. The van der Waals surface area contributed by atoms with E-state index in [2.05, 4.69) is 11.8 Å². The Hall–Kier alpha value is -2.02. The second kappa shape index (κ2) is 6.95. The molecule has 2 aromatic carbocycles. The molecule has 0 aliphatic rings. The molecule has 2 nitrogen and oxygen atoms in total. The van der Waals surface area contributed by atoms with Gasteiger partial charge in [-0.05, 0) is 18.2 Å². The maximum atomic E-state index is 13.6. The summed E-state index contributed by atoms with van der Waals surface area (Å²) in [6, 6.07) is 11.9. The standard InChI is InChI=1S/C16H13ClFNO/c17-14-8-3-9-15(18)16(14)20-11-13-6-2-1-5-12(13)7-4-10-19/h1-3,5-6,8-9H,10-11,19H2. The van der Waals surface area contributed by atoms with Crippen LogP contribution in [0.3, 0.4) is 0 Å². The van der Waals surface area contributed by atoms with Gasteiger partial charge in [-0.15, -0.1) is 0 Å². The summed E-state index contributed by atoms with van der Waals surface area (Å²) in [5.41, 5.74) is 7.02. The van der Waals surface area contributed by atoms with Gasteiger partial charge in [-0.2, -0.15) is 0 Å². The van der Waals surface area contributed by atoms with E-state index in [1.165, 1.54) is 12.1 Å². The van der Waals surface area contributed by atoms with Crippen LogP contribution in [0.2, 0.25) is 5.02 Å². The largest absolute Gasteiger partial charge is 0.484 e. The number of hydrogen-bond acceptors (Lipinski definition) is 2. The smallest absolute Gasteiger partial charge is 0.174 e. The molecule has 102 valence electrons. The van der Waals surface area contributed by atoms with Gasteiger partial charge in [0.2, 0.25) is 0 Å². The molecule has 0 bridgehead atoms. The average molecular weight is 290 g/mol. The number of rotatable bonds is 3. The maximum Gasteiger partial charge on any atom is 0.174 e. The van der Waals surface area contributed by atoms with Gasteiger partial charge in [-0.1, -0.05) is 47.7 Å². The van der Waals surface area contributed by atoms with E-state index in [0.717, 1.165) is 11.1 Å². The predicted molar refractivity (Wildman–Crippen MR) is 78.1 cm³/mol. The molecular formula is C16H13ClFNO. The van der Waals surface area contributed by atoms with Crippen LogP contribution in [0.25, 0.3) is 0 Å². The topological polar surface area (TPSA) is 35.2 Å². The molecule has 0 heterocycles. The van der Waals surface area contributed by atoms with Gasteiger partial charge >= 0.3 is 0 Å². The van der Waals surface area contributed by atoms with Crippen molar-refractivity contribution in [3.05, 3.63) is 64.4 Å². The number of para-hydroxylation sites is 1. The van der Waals surface area contributed by atoms with Crippen molar-refractivity contribution in [3.63, 3.8) is 0 Å². The molecule has 2 rings (SSSR count). The third kappa shape index (κ3) is 3.51. The Morgan fingerprint density at radius 1 is 1.15 bits per heavy atom.